The van der Waals surface area contributed by atoms with Crippen molar-refractivity contribution >= 4 is 0 Å². The molecular weight excluding hydrogens is 200 g/mol. The summed E-state index contributed by atoms with van der Waals surface area (Å²) in [5.41, 5.74) is 0.741. The number of ether oxygens (including phenoxy) is 1. The third kappa shape index (κ3) is 2.13. The maximum absolute atomic E-state index is 5.48. The molecule has 0 aromatic rings. The van der Waals surface area contributed by atoms with Crippen LogP contribution in [0.4, 0.5) is 0 Å². The second kappa shape index (κ2) is 4.28. The van der Waals surface area contributed by atoms with Gasteiger partial charge in [0.2, 0.25) is 0 Å². The molecule has 0 bridgehead atoms. The van der Waals surface area contributed by atoms with E-state index in [4.69, 9.17) is 4.74 Å². The first-order valence-electron chi connectivity index (χ1n) is 6.45. The number of hydrogen-bond acceptors (Lipinski definition) is 3. The Bertz CT molecular complexity index is 246. The molecule has 2 rings (SSSR count). The molecule has 16 heavy (non-hydrogen) atoms. The summed E-state index contributed by atoms with van der Waals surface area (Å²) >= 11 is 0. The molecule has 0 spiro atoms. The molecule has 0 aromatic heterocycles. The number of rotatable bonds is 4. The Morgan fingerprint density at radius 3 is 2.62 bits per heavy atom. The highest BCUT2D eigenvalue weighted by molar-refractivity contribution is 5.03. The van der Waals surface area contributed by atoms with E-state index in [2.05, 4.69) is 31.4 Å². The van der Waals surface area contributed by atoms with Crippen molar-refractivity contribution in [1.82, 2.24) is 10.6 Å². The Hall–Kier alpha value is -0.120. The molecule has 3 heteroatoms. The molecule has 3 nitrogen and oxygen atoms in total. The van der Waals surface area contributed by atoms with Gasteiger partial charge in [-0.2, -0.15) is 0 Å². The summed E-state index contributed by atoms with van der Waals surface area (Å²) in [6.45, 7) is 10.4. The third-order valence-electron chi connectivity index (χ3n) is 4.69. The molecule has 3 unspecified atom stereocenters. The van der Waals surface area contributed by atoms with Gasteiger partial charge in [0.15, 0.2) is 0 Å². The fourth-order valence-corrected chi connectivity index (χ4v) is 3.02. The van der Waals surface area contributed by atoms with Crippen molar-refractivity contribution in [2.45, 2.75) is 45.8 Å². The molecule has 2 fully saturated rings. The fourth-order valence-electron chi connectivity index (χ4n) is 3.02. The zero-order valence-electron chi connectivity index (χ0n) is 11.1. The van der Waals surface area contributed by atoms with Crippen LogP contribution in [-0.4, -0.2) is 38.9 Å². The second-order valence-corrected chi connectivity index (χ2v) is 6.45. The predicted molar refractivity (Wildman–Crippen MR) is 66.6 cm³/mol. The van der Waals surface area contributed by atoms with Gasteiger partial charge in [0.1, 0.15) is 0 Å². The first kappa shape index (κ1) is 12.3. The highest BCUT2D eigenvalue weighted by Gasteiger charge is 2.48. The van der Waals surface area contributed by atoms with Gasteiger partial charge in [-0.1, -0.05) is 20.8 Å². The molecule has 3 atom stereocenters. The monoisotopic (exact) mass is 226 g/mol. The Kier molecular flexibility index (Phi) is 3.30. The van der Waals surface area contributed by atoms with Gasteiger partial charge < -0.3 is 15.4 Å². The summed E-state index contributed by atoms with van der Waals surface area (Å²) in [6, 6.07) is 0.620. The molecule has 1 saturated heterocycles. The first-order valence-corrected chi connectivity index (χ1v) is 6.45. The Labute approximate surface area is 99.3 Å². The van der Waals surface area contributed by atoms with E-state index in [9.17, 15) is 0 Å². The zero-order chi connectivity index (χ0) is 11.8. The van der Waals surface area contributed by atoms with Crippen molar-refractivity contribution in [2.24, 2.45) is 10.8 Å². The molecule has 0 amide bonds. The van der Waals surface area contributed by atoms with E-state index in [-0.39, 0.29) is 5.41 Å². The molecule has 2 N–H and O–H groups in total. The highest BCUT2D eigenvalue weighted by atomic mass is 16.5. The smallest absolute Gasteiger partial charge is 0.0652 e. The van der Waals surface area contributed by atoms with Crippen LogP contribution in [0, 0.1) is 10.8 Å². The minimum absolute atomic E-state index is 0.289. The normalized spacial score (nSPS) is 42.0. The van der Waals surface area contributed by atoms with Crippen molar-refractivity contribution in [3.05, 3.63) is 0 Å². The van der Waals surface area contributed by atoms with E-state index in [1.165, 1.54) is 13.0 Å². The maximum atomic E-state index is 5.48. The topological polar surface area (TPSA) is 33.3 Å². The van der Waals surface area contributed by atoms with Crippen molar-refractivity contribution in [2.75, 3.05) is 26.7 Å². The van der Waals surface area contributed by atoms with Crippen molar-refractivity contribution in [3.8, 4) is 0 Å². The molecule has 94 valence electrons. The molecule has 0 aromatic carbocycles. The minimum Gasteiger partial charge on any atom is -0.381 e. The minimum atomic E-state index is 0.289. The SMILES string of the molecule is COC1CC(NCC2(C)CCNC2)C1(C)C. The van der Waals surface area contributed by atoms with E-state index >= 15 is 0 Å². The average Bonchev–Trinajstić information content (AvgIpc) is 2.64. The van der Waals surface area contributed by atoms with Crippen LogP contribution in [0.5, 0.6) is 0 Å². The highest BCUT2D eigenvalue weighted by Crippen LogP contribution is 2.42. The van der Waals surface area contributed by atoms with Gasteiger partial charge in [0.05, 0.1) is 6.10 Å². The van der Waals surface area contributed by atoms with Crippen LogP contribution in [0.25, 0.3) is 0 Å². The summed E-state index contributed by atoms with van der Waals surface area (Å²) < 4.78 is 5.48. The van der Waals surface area contributed by atoms with Crippen LogP contribution >= 0.6 is 0 Å². The molecule has 0 radical (unpaired) electrons. The quantitative estimate of drug-likeness (QED) is 0.760. The van der Waals surface area contributed by atoms with E-state index in [0.717, 1.165) is 19.5 Å². The number of nitrogens with one attached hydrogen (secondary N) is 2. The third-order valence-corrected chi connectivity index (χ3v) is 4.69. The lowest BCUT2D eigenvalue weighted by molar-refractivity contribution is -0.0990. The van der Waals surface area contributed by atoms with Gasteiger partial charge in [-0.05, 0) is 24.8 Å². The van der Waals surface area contributed by atoms with Gasteiger partial charge in [-0.25, -0.2) is 0 Å². The number of hydrogen-bond donors (Lipinski definition) is 2. The predicted octanol–water partition coefficient (Wildman–Crippen LogP) is 1.39. The zero-order valence-corrected chi connectivity index (χ0v) is 11.1. The molecule has 1 aliphatic carbocycles. The Balaban J connectivity index is 1.79. The van der Waals surface area contributed by atoms with Gasteiger partial charge in [-0.15, -0.1) is 0 Å². The van der Waals surface area contributed by atoms with Crippen LogP contribution < -0.4 is 10.6 Å². The maximum Gasteiger partial charge on any atom is 0.0652 e. The van der Waals surface area contributed by atoms with Gasteiger partial charge >= 0.3 is 0 Å². The summed E-state index contributed by atoms with van der Waals surface area (Å²) in [6.07, 6.45) is 2.88. The molecular formula is C13H26N2O. The van der Waals surface area contributed by atoms with Gasteiger partial charge in [0, 0.05) is 31.7 Å². The average molecular weight is 226 g/mol. The second-order valence-electron chi connectivity index (χ2n) is 6.45. The fraction of sp³-hybridized carbons (Fsp3) is 1.00. The van der Waals surface area contributed by atoms with E-state index in [1.807, 2.05) is 7.11 Å². The van der Waals surface area contributed by atoms with Crippen LogP contribution in [0.1, 0.15) is 33.6 Å². The van der Waals surface area contributed by atoms with E-state index in [1.54, 1.807) is 0 Å². The lowest BCUT2D eigenvalue weighted by atomic mass is 9.64. The van der Waals surface area contributed by atoms with Crippen LogP contribution in [0.2, 0.25) is 0 Å². The van der Waals surface area contributed by atoms with E-state index < -0.39 is 0 Å². The lowest BCUT2D eigenvalue weighted by Gasteiger charge is -2.52. The van der Waals surface area contributed by atoms with Gasteiger partial charge in [0.25, 0.3) is 0 Å². The number of methoxy groups -OCH3 is 1. The molecule has 1 aliphatic heterocycles. The van der Waals surface area contributed by atoms with E-state index in [0.29, 0.717) is 17.6 Å². The summed E-state index contributed by atoms with van der Waals surface area (Å²) in [4.78, 5) is 0. The van der Waals surface area contributed by atoms with Crippen molar-refractivity contribution in [3.63, 3.8) is 0 Å². The Morgan fingerprint density at radius 2 is 2.12 bits per heavy atom. The molecule has 2 aliphatic rings. The summed E-state index contributed by atoms with van der Waals surface area (Å²) in [5, 5.41) is 7.18. The summed E-state index contributed by atoms with van der Waals surface area (Å²) in [5.74, 6) is 0. The molecule has 1 saturated carbocycles. The standard InChI is InChI=1S/C13H26N2O/c1-12(2)10(7-11(12)16-4)15-9-13(3)5-6-14-8-13/h10-11,14-15H,5-9H2,1-4H3. The van der Waals surface area contributed by atoms with Crippen molar-refractivity contribution in [1.29, 1.82) is 0 Å². The van der Waals surface area contributed by atoms with Crippen molar-refractivity contribution < 1.29 is 4.74 Å². The largest absolute Gasteiger partial charge is 0.381 e. The van der Waals surface area contributed by atoms with Crippen LogP contribution in [0.15, 0.2) is 0 Å². The summed E-state index contributed by atoms with van der Waals surface area (Å²) in [7, 11) is 1.82. The lowest BCUT2D eigenvalue weighted by Crippen LogP contribution is -2.61. The van der Waals surface area contributed by atoms with Crippen LogP contribution in [-0.2, 0) is 4.74 Å². The first-order chi connectivity index (χ1) is 7.48. The van der Waals surface area contributed by atoms with Crippen LogP contribution in [0.3, 0.4) is 0 Å². The molecule has 1 heterocycles. The Morgan fingerprint density at radius 1 is 1.38 bits per heavy atom. The van der Waals surface area contributed by atoms with Gasteiger partial charge in [-0.3, -0.25) is 0 Å².